The largest absolute Gasteiger partial charge is 0.296 e. The first-order valence-electron chi connectivity index (χ1n) is 6.78. The van der Waals surface area contributed by atoms with E-state index >= 15 is 0 Å². The minimum Gasteiger partial charge on any atom is -0.296 e. The van der Waals surface area contributed by atoms with E-state index in [-0.39, 0.29) is 11.7 Å². The number of nitrogens with one attached hydrogen (secondary N) is 1. The Kier molecular flexibility index (Phi) is 5.50. The van der Waals surface area contributed by atoms with E-state index in [9.17, 15) is 9.18 Å². The van der Waals surface area contributed by atoms with Crippen LogP contribution in [0.2, 0.25) is 5.02 Å². The number of amides is 1. The fourth-order valence-corrected chi connectivity index (χ4v) is 4.72. The zero-order valence-electron chi connectivity index (χ0n) is 12.4. The number of hydrogen-bond donors (Lipinski definition) is 1. The van der Waals surface area contributed by atoms with Gasteiger partial charge in [-0.15, -0.1) is 21.5 Å². The van der Waals surface area contributed by atoms with Crippen LogP contribution < -0.4 is 5.32 Å². The maximum Gasteiger partial charge on any atom is 0.267 e. The summed E-state index contributed by atoms with van der Waals surface area (Å²) in [6.45, 7) is 1.93. The number of thioether (sulfide) groups is 1. The fraction of sp³-hybridized carbons (Fsp3) is 0.133. The van der Waals surface area contributed by atoms with Crippen LogP contribution in [0.3, 0.4) is 0 Å². The molecule has 1 aromatic carbocycles. The van der Waals surface area contributed by atoms with Crippen LogP contribution in [0.5, 0.6) is 0 Å². The van der Waals surface area contributed by atoms with Crippen molar-refractivity contribution in [2.75, 3.05) is 5.32 Å². The van der Waals surface area contributed by atoms with E-state index in [1.807, 2.05) is 18.4 Å². The third-order valence-corrected chi connectivity index (χ3v) is 6.38. The summed E-state index contributed by atoms with van der Waals surface area (Å²) in [6.07, 6.45) is 0. The Balaban J connectivity index is 1.62. The Hall–Kier alpha value is -1.48. The van der Waals surface area contributed by atoms with Crippen molar-refractivity contribution in [1.29, 1.82) is 0 Å². The lowest BCUT2D eigenvalue weighted by Gasteiger charge is -2.03. The maximum absolute atomic E-state index is 13.7. The van der Waals surface area contributed by atoms with Crippen molar-refractivity contribution >= 4 is 57.1 Å². The van der Waals surface area contributed by atoms with Crippen molar-refractivity contribution in [1.82, 2.24) is 10.2 Å². The molecule has 0 saturated carbocycles. The number of halogens is 2. The summed E-state index contributed by atoms with van der Waals surface area (Å²) in [5, 5.41) is 13.4. The number of benzene rings is 1. The van der Waals surface area contributed by atoms with E-state index in [1.165, 1.54) is 40.5 Å². The lowest BCUT2D eigenvalue weighted by atomic mass is 10.2. The third-order valence-electron chi connectivity index (χ3n) is 2.98. The second kappa shape index (κ2) is 7.60. The van der Waals surface area contributed by atoms with Gasteiger partial charge in [0.25, 0.3) is 5.91 Å². The molecule has 2 aromatic heterocycles. The lowest BCUT2D eigenvalue weighted by Crippen LogP contribution is -2.09. The van der Waals surface area contributed by atoms with Crippen molar-refractivity contribution in [2.45, 2.75) is 17.0 Å². The highest BCUT2D eigenvalue weighted by molar-refractivity contribution is 8.00. The average Bonchev–Trinajstić information content (AvgIpc) is 3.16. The smallest absolute Gasteiger partial charge is 0.267 e. The van der Waals surface area contributed by atoms with Crippen LogP contribution in [0.1, 0.15) is 20.8 Å². The predicted molar refractivity (Wildman–Crippen MR) is 97.9 cm³/mol. The standard InChI is InChI=1S/C15H11ClFN3OS3/c1-8-5-12(22-6-8)13(21)18-14-19-20-15(24-14)23-7-9-10(16)3-2-4-11(9)17/h2-6H,7H2,1H3,(H,18,19,21). The van der Waals surface area contributed by atoms with Crippen molar-refractivity contribution in [3.63, 3.8) is 0 Å². The second-order valence-electron chi connectivity index (χ2n) is 4.80. The zero-order chi connectivity index (χ0) is 17.1. The summed E-state index contributed by atoms with van der Waals surface area (Å²) < 4.78 is 14.4. The normalized spacial score (nSPS) is 10.8. The van der Waals surface area contributed by atoms with Gasteiger partial charge in [-0.05, 0) is 36.1 Å². The molecule has 4 nitrogen and oxygen atoms in total. The molecule has 0 saturated heterocycles. The Labute approximate surface area is 155 Å². The molecule has 1 N–H and O–H groups in total. The molecule has 0 fully saturated rings. The van der Waals surface area contributed by atoms with Crippen LogP contribution in [0.15, 0.2) is 34.0 Å². The van der Waals surface area contributed by atoms with Gasteiger partial charge in [0.1, 0.15) is 5.82 Å². The highest BCUT2D eigenvalue weighted by Crippen LogP contribution is 2.31. The number of aryl methyl sites for hydroxylation is 1. The number of hydrogen-bond acceptors (Lipinski definition) is 6. The van der Waals surface area contributed by atoms with Crippen LogP contribution in [0.4, 0.5) is 9.52 Å². The van der Waals surface area contributed by atoms with E-state index in [4.69, 9.17) is 11.6 Å². The molecule has 9 heteroatoms. The van der Waals surface area contributed by atoms with Gasteiger partial charge in [-0.25, -0.2) is 4.39 Å². The van der Waals surface area contributed by atoms with Gasteiger partial charge in [-0.1, -0.05) is 40.8 Å². The summed E-state index contributed by atoms with van der Waals surface area (Å²) in [6, 6.07) is 6.40. The summed E-state index contributed by atoms with van der Waals surface area (Å²) >= 11 is 9.94. The van der Waals surface area contributed by atoms with Crippen LogP contribution in [-0.4, -0.2) is 16.1 Å². The van der Waals surface area contributed by atoms with Crippen molar-refractivity contribution in [3.05, 3.63) is 56.5 Å². The van der Waals surface area contributed by atoms with E-state index in [0.717, 1.165) is 5.56 Å². The minimum atomic E-state index is -0.346. The molecule has 0 aliphatic heterocycles. The van der Waals surface area contributed by atoms with E-state index in [1.54, 1.807) is 12.1 Å². The van der Waals surface area contributed by atoms with Crippen molar-refractivity contribution < 1.29 is 9.18 Å². The predicted octanol–water partition coefficient (Wildman–Crippen LogP) is 5.25. The maximum atomic E-state index is 13.7. The molecule has 0 radical (unpaired) electrons. The molecule has 0 spiro atoms. The van der Waals surface area contributed by atoms with Gasteiger partial charge >= 0.3 is 0 Å². The van der Waals surface area contributed by atoms with Gasteiger partial charge in [-0.3, -0.25) is 10.1 Å². The summed E-state index contributed by atoms with van der Waals surface area (Å²) in [5.41, 5.74) is 1.47. The summed E-state index contributed by atoms with van der Waals surface area (Å²) in [4.78, 5) is 12.7. The Morgan fingerprint density at radius 2 is 2.25 bits per heavy atom. The molecule has 0 bridgehead atoms. The summed E-state index contributed by atoms with van der Waals surface area (Å²) in [5.74, 6) is -0.211. The topological polar surface area (TPSA) is 54.9 Å². The quantitative estimate of drug-likeness (QED) is 0.470. The average molecular weight is 400 g/mol. The number of carbonyl (C=O) groups is 1. The van der Waals surface area contributed by atoms with Crippen molar-refractivity contribution in [3.8, 4) is 0 Å². The van der Waals surface area contributed by atoms with Gasteiger partial charge in [0.15, 0.2) is 4.34 Å². The van der Waals surface area contributed by atoms with Gasteiger partial charge < -0.3 is 0 Å². The first kappa shape index (κ1) is 17.3. The van der Waals surface area contributed by atoms with E-state index < -0.39 is 0 Å². The highest BCUT2D eigenvalue weighted by atomic mass is 35.5. The van der Waals surface area contributed by atoms with Gasteiger partial charge in [0, 0.05) is 16.3 Å². The van der Waals surface area contributed by atoms with Crippen LogP contribution in [0, 0.1) is 12.7 Å². The fourth-order valence-electron chi connectivity index (χ4n) is 1.83. The summed E-state index contributed by atoms with van der Waals surface area (Å²) in [7, 11) is 0. The highest BCUT2D eigenvalue weighted by Gasteiger charge is 2.13. The Bertz CT molecular complexity index is 860. The first-order valence-corrected chi connectivity index (χ1v) is 9.84. The number of anilines is 1. The third kappa shape index (κ3) is 4.13. The molecule has 3 aromatic rings. The molecule has 0 aliphatic carbocycles. The molecular formula is C15H11ClFN3OS3. The molecule has 1 amide bonds. The van der Waals surface area contributed by atoms with E-state index in [2.05, 4.69) is 15.5 Å². The minimum absolute atomic E-state index is 0.210. The number of nitrogens with zero attached hydrogens (tertiary/aromatic N) is 2. The molecule has 124 valence electrons. The molecule has 0 atom stereocenters. The zero-order valence-corrected chi connectivity index (χ0v) is 15.6. The van der Waals surface area contributed by atoms with Gasteiger partial charge in [0.05, 0.1) is 4.88 Å². The monoisotopic (exact) mass is 399 g/mol. The first-order chi connectivity index (χ1) is 11.5. The van der Waals surface area contributed by atoms with Crippen LogP contribution >= 0.6 is 46.0 Å². The number of thiophene rings is 1. The molecular weight excluding hydrogens is 389 g/mol. The van der Waals surface area contributed by atoms with Gasteiger partial charge in [0.2, 0.25) is 5.13 Å². The number of carbonyl (C=O) groups excluding carboxylic acids is 1. The number of rotatable bonds is 5. The molecule has 3 rings (SSSR count). The Morgan fingerprint density at radius 1 is 1.42 bits per heavy atom. The van der Waals surface area contributed by atoms with Crippen LogP contribution in [0.25, 0.3) is 0 Å². The lowest BCUT2D eigenvalue weighted by molar-refractivity contribution is 0.103. The molecule has 0 aliphatic rings. The molecule has 2 heterocycles. The Morgan fingerprint density at radius 3 is 2.96 bits per heavy atom. The van der Waals surface area contributed by atoms with Gasteiger partial charge in [-0.2, -0.15) is 0 Å². The molecule has 0 unspecified atom stereocenters. The SMILES string of the molecule is Cc1csc(C(=O)Nc2nnc(SCc3c(F)cccc3Cl)s2)c1. The molecule has 24 heavy (non-hydrogen) atoms. The van der Waals surface area contributed by atoms with Crippen molar-refractivity contribution in [2.24, 2.45) is 0 Å². The second-order valence-corrected chi connectivity index (χ2v) is 8.32. The van der Waals surface area contributed by atoms with Crippen LogP contribution in [-0.2, 0) is 5.75 Å². The van der Waals surface area contributed by atoms with E-state index in [0.29, 0.717) is 30.7 Å². The number of aromatic nitrogens is 2.